The molecule has 1 amide bonds. The molecule has 39 heavy (non-hydrogen) atoms. The van der Waals surface area contributed by atoms with Crippen molar-refractivity contribution in [2.45, 2.75) is 20.1 Å². The summed E-state index contributed by atoms with van der Waals surface area (Å²) in [5.74, 6) is 0.947. The highest BCUT2D eigenvalue weighted by Gasteiger charge is 2.15. The number of hydrogen-bond acceptors (Lipinski definition) is 5. The van der Waals surface area contributed by atoms with E-state index in [0.29, 0.717) is 53.3 Å². The van der Waals surface area contributed by atoms with Crippen molar-refractivity contribution in [3.63, 3.8) is 0 Å². The summed E-state index contributed by atoms with van der Waals surface area (Å²) >= 11 is 6.52. The van der Waals surface area contributed by atoms with Crippen molar-refractivity contribution in [1.82, 2.24) is 0 Å². The molecular weight excluding hydrogens is 512 g/mol. The van der Waals surface area contributed by atoms with Crippen molar-refractivity contribution in [2.24, 2.45) is 0 Å². The van der Waals surface area contributed by atoms with Crippen LogP contribution in [0.3, 0.4) is 0 Å². The summed E-state index contributed by atoms with van der Waals surface area (Å²) in [5, 5.41) is 12.7. The minimum atomic E-state index is -0.547. The zero-order chi connectivity index (χ0) is 27.5. The fourth-order valence-electron chi connectivity index (χ4n) is 3.69. The summed E-state index contributed by atoms with van der Waals surface area (Å²) < 4.78 is 17.5. The van der Waals surface area contributed by atoms with Crippen molar-refractivity contribution in [1.29, 1.82) is 5.26 Å². The first-order chi connectivity index (χ1) is 19.1. The fourth-order valence-corrected chi connectivity index (χ4v) is 3.97. The summed E-state index contributed by atoms with van der Waals surface area (Å²) in [6.07, 6.45) is 1.46. The maximum Gasteiger partial charge on any atom is 0.266 e. The van der Waals surface area contributed by atoms with E-state index in [4.69, 9.17) is 25.8 Å². The summed E-state index contributed by atoms with van der Waals surface area (Å²) in [7, 11) is 0. The SMILES string of the molecule is CCOc1cc(/C=C(\C#N)C(=O)Nc2ccc(OCc3ccccc3)cc2)cc(Cl)c1OCc1ccccc1. The first-order valence-electron chi connectivity index (χ1n) is 12.4. The number of nitrogens with one attached hydrogen (secondary N) is 1. The number of ether oxygens (including phenoxy) is 3. The van der Waals surface area contributed by atoms with Gasteiger partial charge in [-0.15, -0.1) is 0 Å². The highest BCUT2D eigenvalue weighted by molar-refractivity contribution is 6.32. The maximum atomic E-state index is 12.8. The number of rotatable bonds is 11. The van der Waals surface area contributed by atoms with Crippen LogP contribution in [0, 0.1) is 11.3 Å². The van der Waals surface area contributed by atoms with E-state index < -0.39 is 5.91 Å². The largest absolute Gasteiger partial charge is 0.490 e. The lowest BCUT2D eigenvalue weighted by molar-refractivity contribution is -0.112. The predicted molar refractivity (Wildman–Crippen MR) is 153 cm³/mol. The minimum absolute atomic E-state index is 0.0872. The zero-order valence-electron chi connectivity index (χ0n) is 21.4. The minimum Gasteiger partial charge on any atom is -0.490 e. The third-order valence-corrected chi connectivity index (χ3v) is 5.88. The summed E-state index contributed by atoms with van der Waals surface area (Å²) in [5.41, 5.74) is 3.02. The van der Waals surface area contributed by atoms with Crippen molar-refractivity contribution in [3.05, 3.63) is 124 Å². The Balaban J connectivity index is 1.44. The number of anilines is 1. The molecule has 196 valence electrons. The van der Waals surface area contributed by atoms with Crippen LogP contribution in [0.1, 0.15) is 23.6 Å². The van der Waals surface area contributed by atoms with Gasteiger partial charge in [-0.05, 0) is 66.1 Å². The van der Waals surface area contributed by atoms with Crippen LogP contribution in [-0.4, -0.2) is 12.5 Å². The lowest BCUT2D eigenvalue weighted by atomic mass is 10.1. The van der Waals surface area contributed by atoms with Crippen molar-refractivity contribution >= 4 is 29.3 Å². The van der Waals surface area contributed by atoms with Crippen LogP contribution in [0.4, 0.5) is 5.69 Å². The first-order valence-corrected chi connectivity index (χ1v) is 12.8. The molecule has 0 atom stereocenters. The Morgan fingerprint density at radius 3 is 2.08 bits per heavy atom. The van der Waals surface area contributed by atoms with Gasteiger partial charge in [-0.25, -0.2) is 0 Å². The number of halogens is 1. The summed E-state index contributed by atoms with van der Waals surface area (Å²) in [4.78, 5) is 12.8. The number of hydrogen-bond donors (Lipinski definition) is 1. The molecule has 4 aromatic carbocycles. The summed E-state index contributed by atoms with van der Waals surface area (Å²) in [6, 6.07) is 31.8. The predicted octanol–water partition coefficient (Wildman–Crippen LogP) is 7.44. The number of carbonyl (C=O) groups excluding carboxylic acids is 1. The smallest absolute Gasteiger partial charge is 0.266 e. The number of nitrogens with zero attached hydrogens (tertiary/aromatic N) is 1. The highest BCUT2D eigenvalue weighted by atomic mass is 35.5. The number of benzene rings is 4. The molecule has 7 heteroatoms. The van der Waals surface area contributed by atoms with Gasteiger partial charge in [0.2, 0.25) is 0 Å². The topological polar surface area (TPSA) is 80.6 Å². The third-order valence-electron chi connectivity index (χ3n) is 5.59. The molecule has 1 N–H and O–H groups in total. The molecule has 0 bridgehead atoms. The molecule has 0 aliphatic heterocycles. The second-order valence-corrected chi connectivity index (χ2v) is 8.87. The van der Waals surface area contributed by atoms with E-state index in [1.54, 1.807) is 36.4 Å². The quantitative estimate of drug-likeness (QED) is 0.158. The molecule has 0 aromatic heterocycles. The van der Waals surface area contributed by atoms with E-state index in [9.17, 15) is 10.1 Å². The Kier molecular flexibility index (Phi) is 9.60. The van der Waals surface area contributed by atoms with E-state index >= 15 is 0 Å². The molecule has 0 spiro atoms. The summed E-state index contributed by atoms with van der Waals surface area (Å²) in [6.45, 7) is 3.00. The van der Waals surface area contributed by atoms with Crippen molar-refractivity contribution in [3.8, 4) is 23.3 Å². The van der Waals surface area contributed by atoms with Crippen LogP contribution in [0.2, 0.25) is 5.02 Å². The molecule has 0 radical (unpaired) electrons. The van der Waals surface area contributed by atoms with Crippen molar-refractivity contribution in [2.75, 3.05) is 11.9 Å². The van der Waals surface area contributed by atoms with Crippen LogP contribution >= 0.6 is 11.6 Å². The van der Waals surface area contributed by atoms with Crippen LogP contribution in [-0.2, 0) is 18.0 Å². The number of nitriles is 1. The van der Waals surface area contributed by atoms with Gasteiger partial charge < -0.3 is 19.5 Å². The Morgan fingerprint density at radius 2 is 1.49 bits per heavy atom. The van der Waals surface area contributed by atoms with E-state index in [0.717, 1.165) is 11.1 Å². The average molecular weight is 539 g/mol. The van der Waals surface area contributed by atoms with E-state index in [-0.39, 0.29) is 5.57 Å². The molecule has 4 rings (SSSR count). The van der Waals surface area contributed by atoms with Gasteiger partial charge in [-0.1, -0.05) is 72.3 Å². The second kappa shape index (κ2) is 13.7. The lowest BCUT2D eigenvalue weighted by Gasteiger charge is -2.15. The highest BCUT2D eigenvalue weighted by Crippen LogP contribution is 2.38. The van der Waals surface area contributed by atoms with Gasteiger partial charge in [0, 0.05) is 5.69 Å². The molecule has 0 heterocycles. The second-order valence-electron chi connectivity index (χ2n) is 8.46. The molecule has 0 aliphatic rings. The standard InChI is InChI=1S/C32H27ClN2O4/c1-2-37-30-19-25(18-29(33)31(30)39-22-24-11-7-4-8-12-24)17-26(20-34)32(36)35-27-13-15-28(16-14-27)38-21-23-9-5-3-6-10-23/h3-19H,2,21-22H2,1H3,(H,35,36)/b26-17+. The van der Waals surface area contributed by atoms with Crippen molar-refractivity contribution < 1.29 is 19.0 Å². The molecular formula is C32H27ClN2O4. The fraction of sp³-hybridized carbons (Fsp3) is 0.125. The van der Waals surface area contributed by atoms with E-state index in [2.05, 4.69) is 5.32 Å². The molecule has 0 saturated heterocycles. The molecule has 0 fully saturated rings. The van der Waals surface area contributed by atoms with Crippen LogP contribution < -0.4 is 19.5 Å². The maximum absolute atomic E-state index is 12.8. The number of carbonyl (C=O) groups is 1. The molecule has 6 nitrogen and oxygen atoms in total. The zero-order valence-corrected chi connectivity index (χ0v) is 22.2. The Morgan fingerprint density at radius 1 is 0.872 bits per heavy atom. The van der Waals surface area contributed by atoms with E-state index in [1.807, 2.05) is 73.7 Å². The van der Waals surface area contributed by atoms with Gasteiger partial charge in [0.1, 0.15) is 30.6 Å². The van der Waals surface area contributed by atoms with Gasteiger partial charge in [0.25, 0.3) is 5.91 Å². The van der Waals surface area contributed by atoms with Gasteiger partial charge in [-0.3, -0.25) is 4.79 Å². The Hall–Kier alpha value is -4.73. The normalized spacial score (nSPS) is 10.8. The molecule has 0 unspecified atom stereocenters. The van der Waals surface area contributed by atoms with Crippen LogP contribution in [0.15, 0.2) is 103 Å². The number of amides is 1. The van der Waals surface area contributed by atoms with Gasteiger partial charge in [0.15, 0.2) is 11.5 Å². The van der Waals surface area contributed by atoms with Crippen LogP contribution in [0.5, 0.6) is 17.2 Å². The van der Waals surface area contributed by atoms with Gasteiger partial charge >= 0.3 is 0 Å². The van der Waals surface area contributed by atoms with Crippen LogP contribution in [0.25, 0.3) is 6.08 Å². The van der Waals surface area contributed by atoms with E-state index in [1.165, 1.54) is 6.08 Å². The molecule has 0 aliphatic carbocycles. The monoisotopic (exact) mass is 538 g/mol. The Labute approximate surface area is 233 Å². The Bertz CT molecular complexity index is 1460. The molecule has 4 aromatic rings. The lowest BCUT2D eigenvalue weighted by Crippen LogP contribution is -2.13. The first kappa shape index (κ1) is 27.3. The molecule has 0 saturated carbocycles. The average Bonchev–Trinajstić information content (AvgIpc) is 2.96. The third kappa shape index (κ3) is 7.88. The van der Waals surface area contributed by atoms with Gasteiger partial charge in [-0.2, -0.15) is 5.26 Å². The van der Waals surface area contributed by atoms with Gasteiger partial charge in [0.05, 0.1) is 11.6 Å².